The molecule has 96 valence electrons. The zero-order valence-corrected chi connectivity index (χ0v) is 11.2. The van der Waals surface area contributed by atoms with E-state index in [0.717, 1.165) is 0 Å². The fourth-order valence-corrected chi connectivity index (χ4v) is 2.39. The third-order valence-corrected chi connectivity index (χ3v) is 3.71. The molecule has 0 aliphatic carbocycles. The first-order chi connectivity index (χ1) is 8.69. The van der Waals surface area contributed by atoms with Gasteiger partial charge in [0.1, 0.15) is 6.07 Å². The van der Waals surface area contributed by atoms with E-state index in [1.54, 1.807) is 17.0 Å². The molecule has 0 bridgehead atoms. The molecule has 1 aliphatic heterocycles. The molecule has 0 saturated carbocycles. The van der Waals surface area contributed by atoms with Gasteiger partial charge in [0.05, 0.1) is 41.6 Å². The van der Waals surface area contributed by atoms with Crippen molar-refractivity contribution in [2.45, 2.75) is 6.04 Å². The highest BCUT2D eigenvalue weighted by atomic mass is 79.9. The minimum atomic E-state index is -0.477. The maximum atomic E-state index is 14.2. The van der Waals surface area contributed by atoms with E-state index in [4.69, 9.17) is 10.00 Å². The van der Waals surface area contributed by atoms with Crippen molar-refractivity contribution in [1.82, 2.24) is 0 Å². The predicted octanol–water partition coefficient (Wildman–Crippen LogP) is 1.66. The summed E-state index contributed by atoms with van der Waals surface area (Å²) in [7, 11) is 0. The van der Waals surface area contributed by atoms with Crippen molar-refractivity contribution >= 4 is 21.6 Å². The van der Waals surface area contributed by atoms with Gasteiger partial charge in [-0.1, -0.05) is 0 Å². The summed E-state index contributed by atoms with van der Waals surface area (Å²) in [6.45, 7) is 1.28. The quantitative estimate of drug-likeness (QED) is 0.902. The minimum Gasteiger partial charge on any atom is -0.394 e. The standard InChI is InChI=1S/C12H12BrFN2O2/c13-11-8(5-15)1-2-10(12(11)14)16-3-4-18-7-9(16)6-17/h1-2,9,17H,3-4,6-7H2. The Kier molecular flexibility index (Phi) is 4.17. The Balaban J connectivity index is 2.38. The zero-order chi connectivity index (χ0) is 13.1. The van der Waals surface area contributed by atoms with Crippen LogP contribution in [-0.2, 0) is 4.74 Å². The summed E-state index contributed by atoms with van der Waals surface area (Å²) in [5.41, 5.74) is 0.633. The van der Waals surface area contributed by atoms with Gasteiger partial charge >= 0.3 is 0 Å². The van der Waals surface area contributed by atoms with Crippen LogP contribution < -0.4 is 4.90 Å². The molecule has 0 aromatic heterocycles. The van der Waals surface area contributed by atoms with E-state index in [1.807, 2.05) is 6.07 Å². The molecule has 18 heavy (non-hydrogen) atoms. The lowest BCUT2D eigenvalue weighted by Crippen LogP contribution is -2.48. The van der Waals surface area contributed by atoms with Crippen LogP contribution in [0.25, 0.3) is 0 Å². The van der Waals surface area contributed by atoms with Crippen LogP contribution in [0.15, 0.2) is 16.6 Å². The largest absolute Gasteiger partial charge is 0.394 e. The summed E-state index contributed by atoms with van der Waals surface area (Å²) >= 11 is 3.08. The molecule has 1 atom stereocenters. The first-order valence-corrected chi connectivity index (χ1v) is 6.31. The summed E-state index contributed by atoms with van der Waals surface area (Å²) in [5.74, 6) is -0.477. The highest BCUT2D eigenvalue weighted by molar-refractivity contribution is 9.10. The van der Waals surface area contributed by atoms with Gasteiger partial charge in [-0.15, -0.1) is 0 Å². The number of aliphatic hydroxyl groups is 1. The summed E-state index contributed by atoms with van der Waals surface area (Å²) in [6, 6.07) is 4.78. The average Bonchev–Trinajstić information content (AvgIpc) is 2.42. The van der Waals surface area contributed by atoms with Gasteiger partial charge in [-0.2, -0.15) is 5.26 Å². The fraction of sp³-hybridized carbons (Fsp3) is 0.417. The van der Waals surface area contributed by atoms with Gasteiger partial charge in [0.2, 0.25) is 0 Å². The van der Waals surface area contributed by atoms with E-state index in [-0.39, 0.29) is 22.7 Å². The van der Waals surface area contributed by atoms with E-state index in [1.165, 1.54) is 0 Å². The molecule has 1 N–H and O–H groups in total. The van der Waals surface area contributed by atoms with E-state index in [0.29, 0.717) is 25.4 Å². The lowest BCUT2D eigenvalue weighted by Gasteiger charge is -2.36. The molecule has 6 heteroatoms. The highest BCUT2D eigenvalue weighted by Crippen LogP contribution is 2.30. The SMILES string of the molecule is N#Cc1ccc(N2CCOCC2CO)c(F)c1Br. The Hall–Kier alpha value is -1.16. The number of benzene rings is 1. The van der Waals surface area contributed by atoms with Crippen molar-refractivity contribution in [2.75, 3.05) is 31.3 Å². The number of morpholine rings is 1. The highest BCUT2D eigenvalue weighted by Gasteiger charge is 2.26. The van der Waals surface area contributed by atoms with Crippen molar-refractivity contribution in [3.8, 4) is 6.07 Å². The molecular formula is C12H12BrFN2O2. The van der Waals surface area contributed by atoms with Gasteiger partial charge in [-0.05, 0) is 28.1 Å². The number of rotatable bonds is 2. The number of nitriles is 1. The first-order valence-electron chi connectivity index (χ1n) is 5.52. The summed E-state index contributed by atoms with van der Waals surface area (Å²) in [4.78, 5) is 1.77. The van der Waals surface area contributed by atoms with Crippen molar-refractivity contribution in [2.24, 2.45) is 0 Å². The maximum Gasteiger partial charge on any atom is 0.161 e. The lowest BCUT2D eigenvalue weighted by molar-refractivity contribution is 0.0723. The van der Waals surface area contributed by atoms with Crippen LogP contribution in [0.1, 0.15) is 5.56 Å². The summed E-state index contributed by atoms with van der Waals surface area (Å²) in [6.07, 6.45) is 0. The fourth-order valence-electron chi connectivity index (χ4n) is 1.97. The van der Waals surface area contributed by atoms with Crippen LogP contribution in [-0.4, -0.2) is 37.5 Å². The number of hydrogen-bond acceptors (Lipinski definition) is 4. The van der Waals surface area contributed by atoms with Gasteiger partial charge in [0.25, 0.3) is 0 Å². The van der Waals surface area contributed by atoms with Crippen LogP contribution in [0.5, 0.6) is 0 Å². The number of anilines is 1. The summed E-state index contributed by atoms with van der Waals surface area (Å²) in [5, 5.41) is 18.1. The van der Waals surface area contributed by atoms with Gasteiger partial charge in [-0.25, -0.2) is 4.39 Å². The number of hydrogen-bond donors (Lipinski definition) is 1. The van der Waals surface area contributed by atoms with E-state index >= 15 is 0 Å². The Morgan fingerprint density at radius 2 is 2.39 bits per heavy atom. The van der Waals surface area contributed by atoms with Crippen LogP contribution in [0, 0.1) is 17.1 Å². The molecule has 0 spiro atoms. The van der Waals surface area contributed by atoms with Crippen molar-refractivity contribution < 1.29 is 14.2 Å². The Bertz CT molecular complexity index is 490. The normalized spacial score (nSPS) is 19.7. The average molecular weight is 315 g/mol. The molecule has 1 heterocycles. The molecule has 0 amide bonds. The Morgan fingerprint density at radius 3 is 3.06 bits per heavy atom. The van der Waals surface area contributed by atoms with E-state index < -0.39 is 5.82 Å². The molecule has 1 saturated heterocycles. The van der Waals surface area contributed by atoms with Crippen LogP contribution >= 0.6 is 15.9 Å². The van der Waals surface area contributed by atoms with E-state index in [2.05, 4.69) is 15.9 Å². The number of halogens is 2. The van der Waals surface area contributed by atoms with E-state index in [9.17, 15) is 9.50 Å². The van der Waals surface area contributed by atoms with Crippen molar-refractivity contribution in [3.63, 3.8) is 0 Å². The maximum absolute atomic E-state index is 14.2. The predicted molar refractivity (Wildman–Crippen MR) is 67.9 cm³/mol. The second kappa shape index (κ2) is 5.65. The van der Waals surface area contributed by atoms with Gasteiger partial charge in [-0.3, -0.25) is 0 Å². The zero-order valence-electron chi connectivity index (χ0n) is 9.57. The second-order valence-electron chi connectivity index (χ2n) is 3.98. The van der Waals surface area contributed by atoms with Gasteiger partial charge in [0.15, 0.2) is 5.82 Å². The Labute approximate surface area is 113 Å². The number of nitrogens with zero attached hydrogens (tertiary/aromatic N) is 2. The Morgan fingerprint density at radius 1 is 1.61 bits per heavy atom. The molecule has 1 fully saturated rings. The molecule has 4 nitrogen and oxygen atoms in total. The van der Waals surface area contributed by atoms with Crippen LogP contribution in [0.2, 0.25) is 0 Å². The van der Waals surface area contributed by atoms with Crippen LogP contribution in [0.3, 0.4) is 0 Å². The molecule has 1 aromatic rings. The van der Waals surface area contributed by atoms with Crippen molar-refractivity contribution in [3.05, 3.63) is 28.0 Å². The monoisotopic (exact) mass is 314 g/mol. The van der Waals surface area contributed by atoms with Crippen LogP contribution in [0.4, 0.5) is 10.1 Å². The summed E-state index contributed by atoms with van der Waals surface area (Å²) < 4.78 is 19.6. The number of aliphatic hydroxyl groups excluding tert-OH is 1. The molecule has 1 unspecified atom stereocenters. The minimum absolute atomic E-state index is 0.100. The lowest BCUT2D eigenvalue weighted by atomic mass is 10.1. The first kappa shape index (κ1) is 13.3. The molecular weight excluding hydrogens is 303 g/mol. The third-order valence-electron chi connectivity index (χ3n) is 2.93. The van der Waals surface area contributed by atoms with Gasteiger partial charge in [0, 0.05) is 6.54 Å². The second-order valence-corrected chi connectivity index (χ2v) is 4.77. The molecule has 2 rings (SSSR count). The third kappa shape index (κ3) is 2.34. The topological polar surface area (TPSA) is 56.5 Å². The molecule has 0 radical (unpaired) electrons. The number of ether oxygens (including phenoxy) is 1. The molecule has 1 aliphatic rings. The van der Waals surface area contributed by atoms with Crippen molar-refractivity contribution in [1.29, 1.82) is 5.26 Å². The smallest absolute Gasteiger partial charge is 0.161 e. The van der Waals surface area contributed by atoms with Gasteiger partial charge < -0.3 is 14.7 Å². The molecule has 1 aromatic carbocycles.